The summed E-state index contributed by atoms with van der Waals surface area (Å²) in [5, 5.41) is 5.10. The highest BCUT2D eigenvalue weighted by atomic mass is 32.2. The second-order valence-corrected chi connectivity index (χ2v) is 11.1. The van der Waals surface area contributed by atoms with Gasteiger partial charge in [0.1, 0.15) is 15.6 Å². The third kappa shape index (κ3) is 8.10. The molecule has 0 atom stereocenters. The number of halogens is 3. The SMILES string of the molecule is CCOC(=O)c1sc(NC(=O)CSc2nc(-c3ccc(OC)c(OC)c3)cc(C(F)(F)F)n2)c(C(=O)Nc2ccccc2)c1C. The Bertz CT molecular complexity index is 1710. The fraction of sp³-hybridized carbons (Fsp3) is 0.233. The molecule has 0 saturated heterocycles. The Morgan fingerprint density at radius 1 is 0.956 bits per heavy atom. The number of aromatic nitrogens is 2. The zero-order valence-electron chi connectivity index (χ0n) is 24.4. The number of para-hydroxylation sites is 1. The molecule has 4 aromatic rings. The molecule has 0 unspecified atom stereocenters. The number of nitrogens with one attached hydrogen (secondary N) is 2. The fourth-order valence-corrected chi connectivity index (χ4v) is 5.82. The number of carbonyl (C=O) groups excluding carboxylic acids is 3. The largest absolute Gasteiger partial charge is 0.493 e. The number of esters is 1. The standard InChI is InChI=1S/C30H27F3N4O6S2/c1-5-43-28(40)25-16(2)24(26(39)34-18-9-7-6-8-10-18)27(45-25)37-23(38)15-44-29-35-19(14-22(36-29)30(31,32)33)17-11-12-20(41-3)21(13-17)42-4/h6-14H,5,15H2,1-4H3,(H,34,39)(H,37,38). The Kier molecular flexibility index (Phi) is 10.7. The molecule has 2 heterocycles. The summed E-state index contributed by atoms with van der Waals surface area (Å²) in [7, 11) is 2.82. The van der Waals surface area contributed by atoms with Gasteiger partial charge in [-0.2, -0.15) is 13.2 Å². The van der Waals surface area contributed by atoms with Crippen molar-refractivity contribution in [1.82, 2.24) is 9.97 Å². The van der Waals surface area contributed by atoms with E-state index in [1.54, 1.807) is 44.2 Å². The second-order valence-electron chi connectivity index (χ2n) is 9.13. The number of alkyl halides is 3. The summed E-state index contributed by atoms with van der Waals surface area (Å²) in [5.41, 5.74) is -0.0916. The van der Waals surface area contributed by atoms with Crippen LogP contribution in [0.15, 0.2) is 59.8 Å². The lowest BCUT2D eigenvalue weighted by Crippen LogP contribution is -2.19. The maximum atomic E-state index is 13.8. The summed E-state index contributed by atoms with van der Waals surface area (Å²) in [6, 6.07) is 13.9. The minimum atomic E-state index is -4.79. The molecule has 0 saturated carbocycles. The number of ether oxygens (including phenoxy) is 3. The van der Waals surface area contributed by atoms with Crippen LogP contribution in [0.25, 0.3) is 11.3 Å². The number of methoxy groups -OCH3 is 2. The van der Waals surface area contributed by atoms with Crippen molar-refractivity contribution in [3.63, 3.8) is 0 Å². The van der Waals surface area contributed by atoms with Crippen molar-refractivity contribution in [2.45, 2.75) is 25.2 Å². The summed E-state index contributed by atoms with van der Waals surface area (Å²) in [4.78, 5) is 46.8. The molecule has 236 valence electrons. The zero-order chi connectivity index (χ0) is 32.7. The van der Waals surface area contributed by atoms with Gasteiger partial charge in [0.05, 0.1) is 37.8 Å². The lowest BCUT2D eigenvalue weighted by molar-refractivity contribution is -0.141. The van der Waals surface area contributed by atoms with E-state index < -0.39 is 35.4 Å². The fourth-order valence-electron chi connectivity index (χ4n) is 4.05. The van der Waals surface area contributed by atoms with Gasteiger partial charge >= 0.3 is 12.1 Å². The van der Waals surface area contributed by atoms with Crippen LogP contribution < -0.4 is 20.1 Å². The molecule has 15 heteroatoms. The van der Waals surface area contributed by atoms with Crippen molar-refractivity contribution in [1.29, 1.82) is 0 Å². The highest BCUT2D eigenvalue weighted by Crippen LogP contribution is 2.37. The highest BCUT2D eigenvalue weighted by Gasteiger charge is 2.34. The lowest BCUT2D eigenvalue weighted by atomic mass is 10.1. The molecule has 2 aromatic heterocycles. The molecule has 0 aliphatic carbocycles. The van der Waals surface area contributed by atoms with Crippen LogP contribution >= 0.6 is 23.1 Å². The first-order chi connectivity index (χ1) is 21.4. The number of hydrogen-bond acceptors (Lipinski definition) is 10. The molecular weight excluding hydrogens is 633 g/mol. The number of thioether (sulfide) groups is 1. The average molecular weight is 661 g/mol. The Hall–Kier alpha value is -4.63. The van der Waals surface area contributed by atoms with Gasteiger partial charge in [-0.05, 0) is 55.8 Å². The molecule has 0 fully saturated rings. The second kappa shape index (κ2) is 14.4. The van der Waals surface area contributed by atoms with E-state index in [0.717, 1.165) is 17.4 Å². The van der Waals surface area contributed by atoms with Crippen LogP contribution in [0.1, 0.15) is 38.2 Å². The van der Waals surface area contributed by atoms with Crippen LogP contribution in [-0.2, 0) is 15.7 Å². The smallest absolute Gasteiger partial charge is 0.433 e. The van der Waals surface area contributed by atoms with Crippen LogP contribution in [-0.4, -0.2) is 54.3 Å². The molecule has 0 bridgehead atoms. The zero-order valence-corrected chi connectivity index (χ0v) is 26.0. The van der Waals surface area contributed by atoms with Gasteiger partial charge in [-0.25, -0.2) is 14.8 Å². The minimum absolute atomic E-state index is 0.0472. The molecule has 45 heavy (non-hydrogen) atoms. The molecular formula is C30H27F3N4O6S2. The van der Waals surface area contributed by atoms with E-state index in [0.29, 0.717) is 34.3 Å². The highest BCUT2D eigenvalue weighted by molar-refractivity contribution is 7.99. The maximum absolute atomic E-state index is 13.8. The molecule has 2 aromatic carbocycles. The Morgan fingerprint density at radius 2 is 1.67 bits per heavy atom. The summed E-state index contributed by atoms with van der Waals surface area (Å²) in [5.74, 6) is -1.64. The first-order valence-corrected chi connectivity index (χ1v) is 15.0. The van der Waals surface area contributed by atoms with Gasteiger partial charge in [-0.15, -0.1) is 11.3 Å². The molecule has 10 nitrogen and oxygen atoms in total. The third-order valence-corrected chi connectivity index (χ3v) is 8.16. The summed E-state index contributed by atoms with van der Waals surface area (Å²) >= 11 is 1.53. The quantitative estimate of drug-likeness (QED) is 0.102. The van der Waals surface area contributed by atoms with Gasteiger partial charge in [0.15, 0.2) is 16.7 Å². The van der Waals surface area contributed by atoms with Crippen molar-refractivity contribution in [2.75, 3.05) is 37.2 Å². The van der Waals surface area contributed by atoms with Crippen LogP contribution in [0, 0.1) is 6.92 Å². The van der Waals surface area contributed by atoms with E-state index >= 15 is 0 Å². The molecule has 0 radical (unpaired) electrons. The third-order valence-electron chi connectivity index (χ3n) is 6.13. The predicted octanol–water partition coefficient (Wildman–Crippen LogP) is 6.71. The van der Waals surface area contributed by atoms with Gasteiger partial charge in [0.2, 0.25) is 5.91 Å². The van der Waals surface area contributed by atoms with E-state index in [1.165, 1.54) is 32.4 Å². The van der Waals surface area contributed by atoms with Crippen LogP contribution in [0.3, 0.4) is 0 Å². The maximum Gasteiger partial charge on any atom is 0.433 e. The normalized spacial score (nSPS) is 11.1. The van der Waals surface area contributed by atoms with Crippen molar-refractivity contribution in [3.8, 4) is 22.8 Å². The van der Waals surface area contributed by atoms with Gasteiger partial charge < -0.3 is 24.8 Å². The number of hydrogen-bond donors (Lipinski definition) is 2. The van der Waals surface area contributed by atoms with Crippen LogP contribution in [0.5, 0.6) is 11.5 Å². The Morgan fingerprint density at radius 3 is 2.31 bits per heavy atom. The summed E-state index contributed by atoms with van der Waals surface area (Å²) < 4.78 is 56.8. The van der Waals surface area contributed by atoms with E-state index in [4.69, 9.17) is 14.2 Å². The van der Waals surface area contributed by atoms with Gasteiger partial charge in [-0.3, -0.25) is 9.59 Å². The van der Waals surface area contributed by atoms with Crippen molar-refractivity contribution >= 4 is 51.6 Å². The molecule has 0 aliphatic rings. The lowest BCUT2D eigenvalue weighted by Gasteiger charge is -2.12. The molecule has 2 amide bonds. The van der Waals surface area contributed by atoms with Crippen molar-refractivity contribution in [2.24, 2.45) is 0 Å². The Labute approximate surface area is 264 Å². The number of anilines is 2. The van der Waals surface area contributed by atoms with E-state index in [9.17, 15) is 27.6 Å². The number of benzene rings is 2. The van der Waals surface area contributed by atoms with Crippen molar-refractivity contribution < 1.29 is 41.8 Å². The number of nitrogens with zero attached hydrogens (tertiary/aromatic N) is 2. The van der Waals surface area contributed by atoms with Crippen molar-refractivity contribution in [3.05, 3.63) is 76.3 Å². The van der Waals surface area contributed by atoms with Crippen LogP contribution in [0.2, 0.25) is 0 Å². The molecule has 0 spiro atoms. The molecule has 2 N–H and O–H groups in total. The van der Waals surface area contributed by atoms with E-state index in [1.807, 2.05) is 0 Å². The monoisotopic (exact) mass is 660 g/mol. The number of rotatable bonds is 11. The minimum Gasteiger partial charge on any atom is -0.493 e. The first-order valence-electron chi connectivity index (χ1n) is 13.2. The summed E-state index contributed by atoms with van der Waals surface area (Å²) in [6.45, 7) is 3.29. The number of carbonyl (C=O) groups is 3. The molecule has 4 rings (SSSR count). The van der Waals surface area contributed by atoms with E-state index in [2.05, 4.69) is 20.6 Å². The first kappa shape index (κ1) is 33.3. The van der Waals surface area contributed by atoms with Gasteiger partial charge in [0, 0.05) is 11.3 Å². The van der Waals surface area contributed by atoms with Gasteiger partial charge in [-0.1, -0.05) is 30.0 Å². The van der Waals surface area contributed by atoms with Crippen LogP contribution in [0.4, 0.5) is 23.9 Å². The average Bonchev–Trinajstić information content (AvgIpc) is 3.34. The summed E-state index contributed by atoms with van der Waals surface area (Å²) in [6.07, 6.45) is -4.79. The van der Waals surface area contributed by atoms with E-state index in [-0.39, 0.29) is 38.6 Å². The van der Waals surface area contributed by atoms with Gasteiger partial charge in [0.25, 0.3) is 5.91 Å². The number of amides is 2. The molecule has 0 aliphatic heterocycles. The predicted molar refractivity (Wildman–Crippen MR) is 164 cm³/mol. The topological polar surface area (TPSA) is 129 Å². The number of thiophene rings is 1. The Balaban J connectivity index is 1.60.